The number of nitrogens with two attached hydrogens (primary N) is 1. The van der Waals surface area contributed by atoms with Gasteiger partial charge in [-0.2, -0.15) is 5.10 Å². The van der Waals surface area contributed by atoms with Gasteiger partial charge in [0.25, 0.3) is 5.91 Å². The maximum atomic E-state index is 13.5. The van der Waals surface area contributed by atoms with Crippen molar-refractivity contribution in [1.29, 1.82) is 0 Å². The number of amides is 1. The van der Waals surface area contributed by atoms with Crippen LogP contribution in [0.1, 0.15) is 17.3 Å². The first-order valence-corrected chi connectivity index (χ1v) is 12.7. The molecule has 1 amide bonds. The van der Waals surface area contributed by atoms with Gasteiger partial charge < -0.3 is 25.2 Å². The number of anilines is 1. The van der Waals surface area contributed by atoms with Crippen molar-refractivity contribution >= 4 is 22.8 Å². The molecule has 10 heteroatoms. The Balaban J connectivity index is 1.61. The van der Waals surface area contributed by atoms with Gasteiger partial charge in [-0.1, -0.05) is 12.1 Å². The van der Waals surface area contributed by atoms with Crippen molar-refractivity contribution in [2.45, 2.75) is 6.92 Å². The number of hydrogen-bond donors (Lipinski definition) is 2. The molecule has 0 fully saturated rings. The molecule has 38 heavy (non-hydrogen) atoms. The molecule has 4 aromatic rings. The van der Waals surface area contributed by atoms with E-state index in [-0.39, 0.29) is 11.7 Å². The van der Waals surface area contributed by atoms with E-state index in [9.17, 15) is 4.79 Å². The number of aromatic amines is 1. The molecular formula is C28H36N8O2. The zero-order chi connectivity index (χ0) is 27.2. The van der Waals surface area contributed by atoms with Crippen LogP contribution in [0.3, 0.4) is 0 Å². The van der Waals surface area contributed by atoms with Gasteiger partial charge in [0.05, 0.1) is 18.4 Å². The Morgan fingerprint density at radius 2 is 1.71 bits per heavy atom. The van der Waals surface area contributed by atoms with Gasteiger partial charge in [-0.05, 0) is 52.3 Å². The monoisotopic (exact) mass is 516 g/mol. The largest absolute Gasteiger partial charge is 0.496 e. The minimum Gasteiger partial charge on any atom is -0.496 e. The lowest BCUT2D eigenvalue weighted by molar-refractivity contribution is 0.0749. The Hall–Kier alpha value is -4.02. The third-order valence-corrected chi connectivity index (χ3v) is 6.62. The summed E-state index contributed by atoms with van der Waals surface area (Å²) in [5.74, 6) is 0.815. The molecule has 0 radical (unpaired) electrons. The number of benzene rings is 1. The number of carbonyl (C=O) groups is 1. The summed E-state index contributed by atoms with van der Waals surface area (Å²) in [6, 6.07) is 11.5. The summed E-state index contributed by atoms with van der Waals surface area (Å²) in [5.41, 5.74) is 10.4. The highest BCUT2D eigenvalue weighted by atomic mass is 16.5. The van der Waals surface area contributed by atoms with Crippen molar-refractivity contribution in [3.63, 3.8) is 0 Å². The fourth-order valence-electron chi connectivity index (χ4n) is 4.27. The van der Waals surface area contributed by atoms with E-state index in [1.165, 1.54) is 0 Å². The number of nitrogens with zero attached hydrogens (tertiary/aromatic N) is 6. The Morgan fingerprint density at radius 1 is 1.00 bits per heavy atom. The molecule has 0 saturated carbocycles. The molecule has 0 atom stereocenters. The van der Waals surface area contributed by atoms with E-state index in [0.29, 0.717) is 24.3 Å². The number of methoxy groups -OCH3 is 1. The summed E-state index contributed by atoms with van der Waals surface area (Å²) in [6.45, 7) is 5.82. The zero-order valence-electron chi connectivity index (χ0n) is 22.7. The average Bonchev–Trinajstić information content (AvgIpc) is 3.35. The number of nitrogen functional groups attached to an aromatic ring is 1. The molecule has 0 aliphatic rings. The zero-order valence-corrected chi connectivity index (χ0v) is 22.7. The second kappa shape index (κ2) is 12.0. The lowest BCUT2D eigenvalue weighted by Crippen LogP contribution is -2.39. The van der Waals surface area contributed by atoms with E-state index in [2.05, 4.69) is 51.1 Å². The van der Waals surface area contributed by atoms with Crippen LogP contribution in [0.5, 0.6) is 5.75 Å². The second-order valence-electron chi connectivity index (χ2n) is 9.54. The van der Waals surface area contributed by atoms with Gasteiger partial charge in [0.2, 0.25) is 0 Å². The van der Waals surface area contributed by atoms with E-state index in [1.807, 2.05) is 37.3 Å². The normalized spacial score (nSPS) is 11.4. The number of H-pyrrole nitrogens is 1. The van der Waals surface area contributed by atoms with Crippen LogP contribution in [0.25, 0.3) is 33.4 Å². The molecule has 0 unspecified atom stereocenters. The van der Waals surface area contributed by atoms with Crippen LogP contribution in [-0.4, -0.2) is 102 Å². The van der Waals surface area contributed by atoms with Crippen LogP contribution in [0.15, 0.2) is 48.8 Å². The minimum atomic E-state index is -0.132. The SMILES string of the molecule is CCN(CCN(C)CCN(C)C)C(=O)c1cc(-c2cnc3n[nH]c(-c4ccccc4OC)c3c2)cnc1N. The molecule has 3 heterocycles. The lowest BCUT2D eigenvalue weighted by Gasteiger charge is -2.25. The molecule has 3 N–H and O–H groups in total. The predicted molar refractivity (Wildman–Crippen MR) is 151 cm³/mol. The molecule has 4 rings (SSSR count). The van der Waals surface area contributed by atoms with Gasteiger partial charge in [-0.15, -0.1) is 0 Å². The van der Waals surface area contributed by atoms with Crippen molar-refractivity contribution in [3.05, 3.63) is 54.4 Å². The first kappa shape index (κ1) is 27.0. The maximum Gasteiger partial charge on any atom is 0.257 e. The molecule has 0 aliphatic carbocycles. The van der Waals surface area contributed by atoms with E-state index >= 15 is 0 Å². The number of carbonyl (C=O) groups excluding carboxylic acids is 1. The summed E-state index contributed by atoms with van der Waals surface area (Å²) < 4.78 is 5.54. The highest BCUT2D eigenvalue weighted by molar-refractivity contribution is 6.00. The summed E-state index contributed by atoms with van der Waals surface area (Å²) in [4.78, 5) is 28.5. The Kier molecular flexibility index (Phi) is 8.55. The van der Waals surface area contributed by atoms with Crippen LogP contribution < -0.4 is 10.5 Å². The molecular weight excluding hydrogens is 480 g/mol. The first-order chi connectivity index (χ1) is 18.3. The van der Waals surface area contributed by atoms with Crippen molar-refractivity contribution in [3.8, 4) is 28.1 Å². The van der Waals surface area contributed by atoms with Crippen molar-refractivity contribution in [2.24, 2.45) is 0 Å². The third-order valence-electron chi connectivity index (χ3n) is 6.62. The maximum absolute atomic E-state index is 13.5. The average molecular weight is 517 g/mol. The number of para-hydroxylation sites is 1. The number of hydrogen-bond acceptors (Lipinski definition) is 8. The van der Waals surface area contributed by atoms with Crippen LogP contribution in [-0.2, 0) is 0 Å². The highest BCUT2D eigenvalue weighted by Crippen LogP contribution is 2.34. The van der Waals surface area contributed by atoms with E-state index in [4.69, 9.17) is 10.5 Å². The van der Waals surface area contributed by atoms with Gasteiger partial charge in [0.1, 0.15) is 11.6 Å². The lowest BCUT2D eigenvalue weighted by atomic mass is 10.0. The Morgan fingerprint density at radius 3 is 2.45 bits per heavy atom. The summed E-state index contributed by atoms with van der Waals surface area (Å²) in [6.07, 6.45) is 3.40. The number of ether oxygens (including phenoxy) is 1. The Labute approximate surface area is 223 Å². The molecule has 1 aromatic carbocycles. The fraction of sp³-hybridized carbons (Fsp3) is 0.357. The van der Waals surface area contributed by atoms with Crippen molar-refractivity contribution < 1.29 is 9.53 Å². The van der Waals surface area contributed by atoms with Gasteiger partial charge in [-0.3, -0.25) is 9.89 Å². The first-order valence-electron chi connectivity index (χ1n) is 12.7. The van der Waals surface area contributed by atoms with Crippen LogP contribution in [0.2, 0.25) is 0 Å². The van der Waals surface area contributed by atoms with Gasteiger partial charge >= 0.3 is 0 Å². The Bertz CT molecular complexity index is 1400. The van der Waals surface area contributed by atoms with Gasteiger partial charge in [0.15, 0.2) is 5.65 Å². The molecule has 10 nitrogen and oxygen atoms in total. The van der Waals surface area contributed by atoms with Gasteiger partial charge in [-0.25, -0.2) is 9.97 Å². The minimum absolute atomic E-state index is 0.132. The quantitative estimate of drug-likeness (QED) is 0.312. The molecule has 0 bridgehead atoms. The molecule has 3 aromatic heterocycles. The number of likely N-dealkylation sites (N-methyl/N-ethyl adjacent to an activating group) is 3. The van der Waals surface area contributed by atoms with Gasteiger partial charge in [0, 0.05) is 67.2 Å². The van der Waals surface area contributed by atoms with E-state index in [0.717, 1.165) is 53.2 Å². The summed E-state index contributed by atoms with van der Waals surface area (Å²) >= 11 is 0. The third kappa shape index (κ3) is 5.92. The number of rotatable bonds is 11. The van der Waals surface area contributed by atoms with Crippen molar-refractivity contribution in [1.82, 2.24) is 34.9 Å². The highest BCUT2D eigenvalue weighted by Gasteiger charge is 2.20. The standard InChI is InChI=1S/C28H36N8O2/c1-6-36(14-13-35(4)12-11-34(2)3)28(37)23-16-20(17-30-26(23)29)19-15-22-25(32-33-27(22)31-18-19)21-9-7-8-10-24(21)38-5/h7-10,15-18H,6,11-14H2,1-5H3,(H2,29,30)(H,31,32,33). The van der Waals surface area contributed by atoms with E-state index in [1.54, 1.807) is 30.5 Å². The smallest absolute Gasteiger partial charge is 0.257 e. The second-order valence-corrected chi connectivity index (χ2v) is 9.54. The number of nitrogens with one attached hydrogen (secondary N) is 1. The number of pyridine rings is 2. The fourth-order valence-corrected chi connectivity index (χ4v) is 4.27. The molecule has 0 aliphatic heterocycles. The van der Waals surface area contributed by atoms with E-state index < -0.39 is 0 Å². The predicted octanol–water partition coefficient (Wildman–Crippen LogP) is 3.23. The molecule has 0 saturated heterocycles. The molecule has 0 spiro atoms. The number of aromatic nitrogens is 4. The van der Waals surface area contributed by atoms with Crippen molar-refractivity contribution in [2.75, 3.05) is 66.7 Å². The summed E-state index contributed by atoms with van der Waals surface area (Å²) in [5, 5.41) is 8.29. The van der Waals surface area contributed by atoms with Crippen LogP contribution in [0, 0.1) is 0 Å². The molecule has 200 valence electrons. The summed E-state index contributed by atoms with van der Waals surface area (Å²) in [7, 11) is 7.81. The van der Waals surface area contributed by atoms with Crippen LogP contribution in [0.4, 0.5) is 5.82 Å². The van der Waals surface area contributed by atoms with Crippen LogP contribution >= 0.6 is 0 Å². The number of fused-ring (bicyclic) bond motifs is 1. The topological polar surface area (TPSA) is 116 Å².